The molecule has 2 aromatic rings. The van der Waals surface area contributed by atoms with Crippen molar-refractivity contribution in [3.8, 4) is 0 Å². The molecular weight excluding hydrogens is 330 g/mol. The highest BCUT2D eigenvalue weighted by atomic mass is 32.1. The molecule has 23 heavy (non-hydrogen) atoms. The summed E-state index contributed by atoms with van der Waals surface area (Å²) in [6.45, 7) is 0. The summed E-state index contributed by atoms with van der Waals surface area (Å²) < 4.78 is 1.02. The molecule has 1 aliphatic rings. The third-order valence-electron chi connectivity index (χ3n) is 4.48. The van der Waals surface area contributed by atoms with Crippen LogP contribution in [0.15, 0.2) is 18.2 Å². The third kappa shape index (κ3) is 3.75. The third-order valence-corrected chi connectivity index (χ3v) is 5.92. The fourth-order valence-corrected chi connectivity index (χ4v) is 4.67. The molecule has 0 aliphatic heterocycles. The van der Waals surface area contributed by atoms with Gasteiger partial charge in [-0.2, -0.15) is 0 Å². The standard InChI is InChI=1S/C17H19NO3S2/c19-15(20)9-12(17(21)22)16-18-13-7-6-11(8-14(13)23-16)10-4-2-1-3-5-10/h6-8,10,12H,1-5,9H2,(H,19,20)(H,21,22). The molecule has 0 amide bonds. The predicted molar refractivity (Wildman–Crippen MR) is 94.4 cm³/mol. The van der Waals surface area contributed by atoms with Crippen molar-refractivity contribution >= 4 is 45.3 Å². The maximum atomic E-state index is 11.6. The molecule has 1 atom stereocenters. The molecule has 1 heterocycles. The Hall–Kier alpha value is -1.40. The van der Waals surface area contributed by atoms with Crippen molar-refractivity contribution in [3.05, 3.63) is 28.8 Å². The van der Waals surface area contributed by atoms with Gasteiger partial charge in [-0.25, -0.2) is 4.98 Å². The Balaban J connectivity index is 1.91. The minimum atomic E-state index is -1.01. The van der Waals surface area contributed by atoms with Crippen molar-refractivity contribution in [2.45, 2.75) is 50.4 Å². The summed E-state index contributed by atoms with van der Waals surface area (Å²) in [5, 5.41) is 9.07. The average Bonchev–Trinajstić information content (AvgIpc) is 2.95. The van der Waals surface area contributed by atoms with E-state index in [2.05, 4.69) is 29.7 Å². The molecule has 1 N–H and O–H groups in total. The van der Waals surface area contributed by atoms with Crippen LogP contribution in [0, 0.1) is 0 Å². The lowest BCUT2D eigenvalue weighted by molar-refractivity contribution is -0.138. The van der Waals surface area contributed by atoms with Gasteiger partial charge < -0.3 is 5.11 Å². The number of carbonyl (C=O) groups is 2. The van der Waals surface area contributed by atoms with Crippen LogP contribution in [-0.2, 0) is 9.59 Å². The molecular formula is C17H19NO3S2. The Morgan fingerprint density at radius 3 is 2.70 bits per heavy atom. The Kier molecular flexibility index (Phi) is 5.02. The molecule has 122 valence electrons. The van der Waals surface area contributed by atoms with E-state index in [1.807, 2.05) is 6.07 Å². The van der Waals surface area contributed by atoms with Gasteiger partial charge in [-0.15, -0.1) is 24.0 Å². The molecule has 3 rings (SSSR count). The molecule has 0 spiro atoms. The largest absolute Gasteiger partial charge is 0.481 e. The van der Waals surface area contributed by atoms with Gasteiger partial charge in [-0.3, -0.25) is 9.59 Å². The lowest BCUT2D eigenvalue weighted by Crippen LogP contribution is -2.11. The topological polar surface area (TPSA) is 67.3 Å². The smallest absolute Gasteiger partial charge is 0.304 e. The van der Waals surface area contributed by atoms with Crippen molar-refractivity contribution in [2.75, 3.05) is 0 Å². The maximum absolute atomic E-state index is 11.6. The van der Waals surface area contributed by atoms with Crippen LogP contribution in [0.3, 0.4) is 0 Å². The van der Waals surface area contributed by atoms with Gasteiger partial charge in [0.05, 0.1) is 22.6 Å². The van der Waals surface area contributed by atoms with Gasteiger partial charge >= 0.3 is 5.97 Å². The minimum absolute atomic E-state index is 0.266. The van der Waals surface area contributed by atoms with Crippen LogP contribution in [0.2, 0.25) is 0 Å². The second kappa shape index (κ2) is 7.01. The lowest BCUT2D eigenvalue weighted by atomic mass is 9.84. The normalized spacial score (nSPS) is 17.3. The van der Waals surface area contributed by atoms with Crippen molar-refractivity contribution in [2.24, 2.45) is 0 Å². The zero-order chi connectivity index (χ0) is 16.4. The summed E-state index contributed by atoms with van der Waals surface area (Å²) in [7, 11) is 0. The fourth-order valence-electron chi connectivity index (χ4n) is 3.25. The van der Waals surface area contributed by atoms with E-state index in [0.717, 1.165) is 10.2 Å². The number of fused-ring (bicyclic) bond motifs is 1. The maximum Gasteiger partial charge on any atom is 0.304 e. The second-order valence-corrected chi connectivity index (χ2v) is 7.61. The number of aromatic nitrogens is 1. The van der Waals surface area contributed by atoms with Gasteiger partial charge in [0.1, 0.15) is 5.01 Å². The number of nitrogens with zero attached hydrogens (tertiary/aromatic N) is 1. The zero-order valence-electron chi connectivity index (χ0n) is 12.7. The van der Waals surface area contributed by atoms with E-state index in [1.54, 1.807) is 0 Å². The minimum Gasteiger partial charge on any atom is -0.481 e. The first-order valence-corrected chi connectivity index (χ1v) is 9.16. The number of aliphatic carboxylic acids is 1. The van der Waals surface area contributed by atoms with Crippen LogP contribution >= 0.6 is 24.0 Å². The summed E-state index contributed by atoms with van der Waals surface area (Å²) in [5.41, 5.74) is 2.16. The van der Waals surface area contributed by atoms with E-state index in [9.17, 15) is 9.59 Å². The van der Waals surface area contributed by atoms with Gasteiger partial charge in [0.15, 0.2) is 5.12 Å². The number of carboxylic acid groups (broad SMARTS) is 1. The molecule has 0 bridgehead atoms. The van der Waals surface area contributed by atoms with E-state index < -0.39 is 17.0 Å². The van der Waals surface area contributed by atoms with Crippen molar-refractivity contribution < 1.29 is 14.7 Å². The van der Waals surface area contributed by atoms with Gasteiger partial charge in [0.25, 0.3) is 0 Å². The van der Waals surface area contributed by atoms with Crippen LogP contribution in [0.5, 0.6) is 0 Å². The van der Waals surface area contributed by atoms with E-state index in [4.69, 9.17) is 5.11 Å². The quantitative estimate of drug-likeness (QED) is 0.787. The number of rotatable bonds is 5. The van der Waals surface area contributed by atoms with Crippen molar-refractivity contribution in [1.82, 2.24) is 4.98 Å². The van der Waals surface area contributed by atoms with E-state index in [1.165, 1.54) is 49.0 Å². The van der Waals surface area contributed by atoms with Crippen LogP contribution < -0.4 is 0 Å². The number of thiazole rings is 1. The molecule has 1 unspecified atom stereocenters. The van der Waals surface area contributed by atoms with Crippen LogP contribution in [0.25, 0.3) is 10.2 Å². The first-order chi connectivity index (χ1) is 11.0. The van der Waals surface area contributed by atoms with Gasteiger partial charge in [-0.05, 0) is 36.5 Å². The number of benzene rings is 1. The summed E-state index contributed by atoms with van der Waals surface area (Å²) in [4.78, 5) is 27.1. The Morgan fingerprint density at radius 2 is 2.04 bits per heavy atom. The molecule has 1 aliphatic carbocycles. The first kappa shape index (κ1) is 16.5. The van der Waals surface area contributed by atoms with E-state index in [-0.39, 0.29) is 6.42 Å². The number of carboxylic acids is 1. The first-order valence-electron chi connectivity index (χ1n) is 7.89. The fraction of sp³-hybridized carbons (Fsp3) is 0.471. The lowest BCUT2D eigenvalue weighted by Gasteiger charge is -2.21. The van der Waals surface area contributed by atoms with Crippen LogP contribution in [-0.4, -0.2) is 21.2 Å². The van der Waals surface area contributed by atoms with Crippen LogP contribution in [0.1, 0.15) is 60.9 Å². The van der Waals surface area contributed by atoms with Gasteiger partial charge in [-0.1, -0.05) is 25.3 Å². The van der Waals surface area contributed by atoms with Crippen molar-refractivity contribution in [1.29, 1.82) is 0 Å². The summed E-state index contributed by atoms with van der Waals surface area (Å²) in [5.74, 6) is -1.18. The van der Waals surface area contributed by atoms with Gasteiger partial charge in [0, 0.05) is 0 Å². The number of hydrogen-bond donors (Lipinski definition) is 2. The number of hydrogen-bond acceptors (Lipinski definition) is 4. The number of thiol groups is 1. The Bertz CT molecular complexity index is 735. The summed E-state index contributed by atoms with van der Waals surface area (Å²) in [6.07, 6.45) is 6.08. The van der Waals surface area contributed by atoms with Crippen molar-refractivity contribution in [3.63, 3.8) is 0 Å². The second-order valence-electron chi connectivity index (χ2n) is 6.10. The molecule has 1 saturated carbocycles. The molecule has 4 nitrogen and oxygen atoms in total. The zero-order valence-corrected chi connectivity index (χ0v) is 14.4. The van der Waals surface area contributed by atoms with E-state index in [0.29, 0.717) is 10.9 Å². The summed E-state index contributed by atoms with van der Waals surface area (Å²) in [6, 6.07) is 6.27. The predicted octanol–water partition coefficient (Wildman–Crippen LogP) is 4.36. The highest BCUT2D eigenvalue weighted by molar-refractivity contribution is 7.96. The molecule has 0 radical (unpaired) electrons. The summed E-state index contributed by atoms with van der Waals surface area (Å²) >= 11 is 5.24. The highest BCUT2D eigenvalue weighted by Crippen LogP contribution is 2.36. The van der Waals surface area contributed by atoms with Gasteiger partial charge in [0.2, 0.25) is 0 Å². The average molecular weight is 349 g/mol. The molecule has 1 aromatic heterocycles. The number of carbonyl (C=O) groups excluding carboxylic acids is 1. The Labute approximate surface area is 144 Å². The Morgan fingerprint density at radius 1 is 1.30 bits per heavy atom. The molecule has 6 heteroatoms. The monoisotopic (exact) mass is 349 g/mol. The van der Waals surface area contributed by atoms with E-state index >= 15 is 0 Å². The molecule has 1 aromatic carbocycles. The molecule has 0 saturated heterocycles. The highest BCUT2D eigenvalue weighted by Gasteiger charge is 2.25. The van der Waals surface area contributed by atoms with Crippen LogP contribution in [0.4, 0.5) is 0 Å². The molecule has 1 fully saturated rings. The SMILES string of the molecule is O=C(O)CC(C(=O)S)c1nc2ccc(C3CCCCC3)cc2s1.